The van der Waals surface area contributed by atoms with Crippen molar-refractivity contribution in [3.63, 3.8) is 0 Å². The van der Waals surface area contributed by atoms with Crippen LogP contribution < -0.4 is 11.2 Å². The van der Waals surface area contributed by atoms with E-state index in [4.69, 9.17) is 0 Å². The first-order valence-electron chi connectivity index (χ1n) is 4.36. The molecule has 0 amide bonds. The third kappa shape index (κ3) is 2.03. The molecule has 1 heterocycles. The molecular formula is C9H11FN2O3. The summed E-state index contributed by atoms with van der Waals surface area (Å²) in [7, 11) is 1.26. The van der Waals surface area contributed by atoms with Gasteiger partial charge in [0.25, 0.3) is 5.56 Å². The average Bonchev–Trinajstić information content (AvgIpc) is 2.18. The van der Waals surface area contributed by atoms with Crippen molar-refractivity contribution >= 4 is 5.78 Å². The molecule has 82 valence electrons. The number of rotatable bonds is 3. The number of nitrogens with zero attached hydrogens (tertiary/aromatic N) is 2. The van der Waals surface area contributed by atoms with Gasteiger partial charge in [-0.1, -0.05) is 0 Å². The molecular weight excluding hydrogens is 203 g/mol. The summed E-state index contributed by atoms with van der Waals surface area (Å²) in [5, 5.41) is 0. The fourth-order valence-electron chi connectivity index (χ4n) is 1.22. The van der Waals surface area contributed by atoms with Crippen LogP contribution in [0.3, 0.4) is 0 Å². The van der Waals surface area contributed by atoms with E-state index in [0.717, 1.165) is 15.3 Å². The normalized spacial score (nSPS) is 10.3. The minimum absolute atomic E-state index is 0.106. The lowest BCUT2D eigenvalue weighted by Crippen LogP contribution is -2.40. The van der Waals surface area contributed by atoms with Crippen molar-refractivity contribution in [3.8, 4) is 0 Å². The maximum atomic E-state index is 12.1. The predicted molar refractivity (Wildman–Crippen MR) is 51.9 cm³/mol. The van der Waals surface area contributed by atoms with Gasteiger partial charge in [0.15, 0.2) is 5.78 Å². The molecule has 0 aliphatic heterocycles. The SMILES string of the molecule is CC(=O)c1cn(CCF)c(=O)n(C)c1=O. The fourth-order valence-corrected chi connectivity index (χ4v) is 1.22. The Kier molecular flexibility index (Phi) is 3.18. The van der Waals surface area contributed by atoms with Gasteiger partial charge in [-0.2, -0.15) is 0 Å². The molecule has 1 rings (SSSR count). The Hall–Kier alpha value is -1.72. The number of hydrogen-bond acceptors (Lipinski definition) is 3. The minimum atomic E-state index is -0.727. The molecule has 0 aliphatic carbocycles. The summed E-state index contributed by atoms with van der Waals surface area (Å²) in [4.78, 5) is 33.9. The number of aromatic nitrogens is 2. The lowest BCUT2D eigenvalue weighted by molar-refractivity contribution is 0.101. The molecule has 0 saturated heterocycles. The predicted octanol–water partition coefficient (Wildman–Crippen LogP) is -0.281. The zero-order valence-electron chi connectivity index (χ0n) is 8.49. The Balaban J connectivity index is 3.53. The van der Waals surface area contributed by atoms with Gasteiger partial charge in [0, 0.05) is 13.2 Å². The summed E-state index contributed by atoms with van der Waals surface area (Å²) in [6, 6.07) is 0. The van der Waals surface area contributed by atoms with Gasteiger partial charge in [-0.25, -0.2) is 9.18 Å². The Morgan fingerprint density at radius 3 is 2.53 bits per heavy atom. The van der Waals surface area contributed by atoms with Crippen LogP contribution in [0.5, 0.6) is 0 Å². The highest BCUT2D eigenvalue weighted by atomic mass is 19.1. The van der Waals surface area contributed by atoms with Crippen molar-refractivity contribution in [1.82, 2.24) is 9.13 Å². The smallest absolute Gasteiger partial charge is 0.297 e. The first kappa shape index (κ1) is 11.4. The highest BCUT2D eigenvalue weighted by Crippen LogP contribution is 1.91. The van der Waals surface area contributed by atoms with Crippen LogP contribution in [0.15, 0.2) is 15.8 Å². The molecule has 0 unspecified atom stereocenters. The molecule has 15 heavy (non-hydrogen) atoms. The Bertz CT molecular complexity index is 501. The average molecular weight is 214 g/mol. The van der Waals surface area contributed by atoms with Gasteiger partial charge in [0.2, 0.25) is 0 Å². The molecule has 0 spiro atoms. The molecule has 0 bridgehead atoms. The Morgan fingerprint density at radius 2 is 2.07 bits per heavy atom. The maximum absolute atomic E-state index is 12.1. The quantitative estimate of drug-likeness (QED) is 0.650. The largest absolute Gasteiger partial charge is 0.330 e. The number of halogens is 1. The second-order valence-electron chi connectivity index (χ2n) is 3.13. The molecule has 0 atom stereocenters. The van der Waals surface area contributed by atoms with E-state index >= 15 is 0 Å². The molecule has 0 aliphatic rings. The highest BCUT2D eigenvalue weighted by molar-refractivity contribution is 5.93. The molecule has 0 saturated carbocycles. The van der Waals surface area contributed by atoms with Crippen LogP contribution in [0.4, 0.5) is 4.39 Å². The second kappa shape index (κ2) is 4.20. The minimum Gasteiger partial charge on any atom is -0.297 e. The fraction of sp³-hybridized carbons (Fsp3) is 0.444. The number of aryl methyl sites for hydroxylation is 1. The van der Waals surface area contributed by atoms with Gasteiger partial charge in [-0.3, -0.25) is 18.7 Å². The van der Waals surface area contributed by atoms with Crippen LogP contribution in [-0.2, 0) is 13.6 Å². The Labute approximate surface area is 84.8 Å². The summed E-state index contributed by atoms with van der Waals surface area (Å²) in [5.74, 6) is -0.441. The molecule has 1 aromatic rings. The van der Waals surface area contributed by atoms with Gasteiger partial charge >= 0.3 is 5.69 Å². The van der Waals surface area contributed by atoms with Crippen molar-refractivity contribution in [3.05, 3.63) is 32.6 Å². The molecule has 0 aromatic carbocycles. The van der Waals surface area contributed by atoms with Gasteiger partial charge < -0.3 is 0 Å². The third-order valence-electron chi connectivity index (χ3n) is 2.06. The van der Waals surface area contributed by atoms with E-state index in [9.17, 15) is 18.8 Å². The van der Waals surface area contributed by atoms with Crippen molar-refractivity contribution in [2.75, 3.05) is 6.67 Å². The molecule has 6 heteroatoms. The summed E-state index contributed by atoms with van der Waals surface area (Å²) >= 11 is 0. The van der Waals surface area contributed by atoms with E-state index in [2.05, 4.69) is 0 Å². The van der Waals surface area contributed by atoms with Crippen LogP contribution in [0.1, 0.15) is 17.3 Å². The summed E-state index contributed by atoms with van der Waals surface area (Å²) in [6.07, 6.45) is 1.10. The number of alkyl halides is 1. The summed E-state index contributed by atoms with van der Waals surface area (Å²) < 4.78 is 13.9. The van der Waals surface area contributed by atoms with E-state index in [0.29, 0.717) is 0 Å². The van der Waals surface area contributed by atoms with Crippen LogP contribution in [0.2, 0.25) is 0 Å². The number of carbonyl (C=O) groups excluding carboxylic acids is 1. The van der Waals surface area contributed by atoms with Crippen LogP contribution in [-0.4, -0.2) is 21.6 Å². The highest BCUT2D eigenvalue weighted by Gasteiger charge is 2.11. The van der Waals surface area contributed by atoms with Gasteiger partial charge in [0.1, 0.15) is 6.67 Å². The molecule has 1 aromatic heterocycles. The number of carbonyl (C=O) groups is 1. The van der Waals surface area contributed by atoms with Gasteiger partial charge in [0.05, 0.1) is 12.1 Å². The first-order valence-corrected chi connectivity index (χ1v) is 4.36. The maximum Gasteiger partial charge on any atom is 0.330 e. The lowest BCUT2D eigenvalue weighted by Gasteiger charge is -2.06. The van der Waals surface area contributed by atoms with Gasteiger partial charge in [-0.05, 0) is 6.92 Å². The van der Waals surface area contributed by atoms with Crippen LogP contribution >= 0.6 is 0 Å². The first-order chi connectivity index (χ1) is 6.99. The zero-order valence-corrected chi connectivity index (χ0v) is 8.49. The Morgan fingerprint density at radius 1 is 1.47 bits per heavy atom. The van der Waals surface area contributed by atoms with E-state index < -0.39 is 23.7 Å². The molecule has 5 nitrogen and oxygen atoms in total. The number of Topliss-reactive ketones (excluding diaryl/α,β-unsaturated/α-hetero) is 1. The zero-order chi connectivity index (χ0) is 11.6. The van der Waals surface area contributed by atoms with Crippen LogP contribution in [0.25, 0.3) is 0 Å². The third-order valence-corrected chi connectivity index (χ3v) is 2.06. The van der Waals surface area contributed by atoms with E-state index in [-0.39, 0.29) is 12.1 Å². The summed E-state index contributed by atoms with van der Waals surface area (Å²) in [6.45, 7) is 0.337. The molecule has 0 N–H and O–H groups in total. The summed E-state index contributed by atoms with van der Waals surface area (Å²) in [5.41, 5.74) is -1.38. The lowest BCUT2D eigenvalue weighted by atomic mass is 10.2. The van der Waals surface area contributed by atoms with Crippen molar-refractivity contribution in [1.29, 1.82) is 0 Å². The molecule has 0 radical (unpaired) electrons. The molecule has 0 fully saturated rings. The van der Waals surface area contributed by atoms with E-state index in [1.165, 1.54) is 14.0 Å². The van der Waals surface area contributed by atoms with E-state index in [1.54, 1.807) is 0 Å². The van der Waals surface area contributed by atoms with Gasteiger partial charge in [-0.15, -0.1) is 0 Å². The van der Waals surface area contributed by atoms with E-state index in [1.807, 2.05) is 0 Å². The second-order valence-corrected chi connectivity index (χ2v) is 3.13. The number of ketones is 1. The van der Waals surface area contributed by atoms with Crippen LogP contribution in [0, 0.1) is 0 Å². The number of hydrogen-bond donors (Lipinski definition) is 0. The monoisotopic (exact) mass is 214 g/mol. The standard InChI is InChI=1S/C9H11FN2O3/c1-6(13)7-5-12(4-3-10)9(15)11(2)8(7)14/h5H,3-4H2,1-2H3. The van der Waals surface area contributed by atoms with Crippen molar-refractivity contribution < 1.29 is 9.18 Å². The van der Waals surface area contributed by atoms with Crippen molar-refractivity contribution in [2.24, 2.45) is 7.05 Å². The van der Waals surface area contributed by atoms with Crippen molar-refractivity contribution in [2.45, 2.75) is 13.5 Å². The topological polar surface area (TPSA) is 61.1 Å².